The quantitative estimate of drug-likeness (QED) is 0.448. The maximum Gasteiger partial charge on any atom is 0.255 e. The Bertz CT molecular complexity index is 1390. The first-order valence-electron chi connectivity index (χ1n) is 10.8. The molecule has 2 N–H and O–H groups in total. The van der Waals surface area contributed by atoms with Crippen LogP contribution in [0.25, 0.3) is 0 Å². The summed E-state index contributed by atoms with van der Waals surface area (Å²) < 4.78 is 26.1. The van der Waals surface area contributed by atoms with Crippen LogP contribution in [-0.2, 0) is 21.7 Å². The van der Waals surface area contributed by atoms with E-state index in [-0.39, 0.29) is 29.2 Å². The second-order valence-electron chi connectivity index (χ2n) is 9.43. The van der Waals surface area contributed by atoms with Crippen molar-refractivity contribution in [1.29, 1.82) is 5.26 Å². The van der Waals surface area contributed by atoms with Gasteiger partial charge in [-0.1, -0.05) is 44.5 Å². The highest BCUT2D eigenvalue weighted by atomic mass is 35.5. The number of aromatic nitrogens is 1. The minimum absolute atomic E-state index is 0.0333. The molecule has 0 saturated heterocycles. The molecule has 0 saturated carbocycles. The van der Waals surface area contributed by atoms with Crippen molar-refractivity contribution in [3.05, 3.63) is 74.7 Å². The molecule has 1 aromatic heterocycles. The molecule has 1 amide bonds. The summed E-state index contributed by atoms with van der Waals surface area (Å²) in [6, 6.07) is 14.0. The summed E-state index contributed by atoms with van der Waals surface area (Å²) in [5.74, 6) is -0.812. The average Bonchev–Trinajstić information content (AvgIpc) is 3.21. The Morgan fingerprint density at radius 3 is 2.31 bits per heavy atom. The normalized spacial score (nSPS) is 13.6. The molecule has 0 fully saturated rings. The van der Waals surface area contributed by atoms with E-state index in [1.807, 2.05) is 20.8 Å². The number of hydrogen-bond donors (Lipinski definition) is 2. The summed E-state index contributed by atoms with van der Waals surface area (Å²) in [4.78, 5) is 17.9. The number of halogens is 1. The van der Waals surface area contributed by atoms with Crippen LogP contribution in [0.1, 0.15) is 53.6 Å². The number of nitrogens with one attached hydrogen (secondary N) is 1. The fraction of sp³-hybridized carbons (Fsp3) is 0.320. The summed E-state index contributed by atoms with van der Waals surface area (Å²) in [5, 5.41) is 23.1. The second kappa shape index (κ2) is 9.97. The lowest BCUT2D eigenvalue weighted by Gasteiger charge is -2.29. The molecule has 3 rings (SSSR count). The van der Waals surface area contributed by atoms with Crippen molar-refractivity contribution in [2.24, 2.45) is 0 Å². The van der Waals surface area contributed by atoms with Crippen LogP contribution in [0.4, 0.5) is 0 Å². The summed E-state index contributed by atoms with van der Waals surface area (Å²) in [6.45, 7) is 7.08. The number of amides is 1. The van der Waals surface area contributed by atoms with Crippen LogP contribution in [-0.4, -0.2) is 35.7 Å². The minimum atomic E-state index is -4.00. The molecule has 1 heterocycles. The smallest absolute Gasteiger partial charge is 0.255 e. The van der Waals surface area contributed by atoms with Crippen molar-refractivity contribution in [3.8, 4) is 11.8 Å². The van der Waals surface area contributed by atoms with Gasteiger partial charge in [0.15, 0.2) is 9.84 Å². The molecule has 10 heteroatoms. The lowest BCUT2D eigenvalue weighted by molar-refractivity contribution is 0.0947. The van der Waals surface area contributed by atoms with Gasteiger partial charge in [-0.3, -0.25) is 4.79 Å². The predicted octanol–water partition coefficient (Wildman–Crippen LogP) is 4.88. The zero-order valence-electron chi connectivity index (χ0n) is 19.8. The van der Waals surface area contributed by atoms with Crippen molar-refractivity contribution in [2.75, 3.05) is 6.54 Å². The number of carbonyl (C=O) groups is 1. The van der Waals surface area contributed by atoms with Crippen LogP contribution >= 0.6 is 22.9 Å². The van der Waals surface area contributed by atoms with Crippen molar-refractivity contribution in [2.45, 2.75) is 49.2 Å². The number of sulfone groups is 1. The number of nitrogens with zero attached hydrogens (tertiary/aromatic N) is 2. The third-order valence-electron chi connectivity index (χ3n) is 5.55. The van der Waals surface area contributed by atoms with Gasteiger partial charge in [-0.15, -0.1) is 11.3 Å². The van der Waals surface area contributed by atoms with Crippen molar-refractivity contribution >= 4 is 38.7 Å². The molecular weight excluding hydrogens is 506 g/mol. The first-order chi connectivity index (χ1) is 16.3. The summed E-state index contributed by atoms with van der Waals surface area (Å²) in [6.07, 6.45) is -0.0333. The van der Waals surface area contributed by atoms with E-state index >= 15 is 0 Å². The molecule has 3 aromatic rings. The Kier molecular flexibility index (Phi) is 7.60. The van der Waals surface area contributed by atoms with E-state index < -0.39 is 25.9 Å². The van der Waals surface area contributed by atoms with Crippen LogP contribution in [0.2, 0.25) is 5.02 Å². The van der Waals surface area contributed by atoms with E-state index in [4.69, 9.17) is 11.6 Å². The van der Waals surface area contributed by atoms with Gasteiger partial charge in [0, 0.05) is 23.4 Å². The number of phenols is 1. The van der Waals surface area contributed by atoms with Crippen molar-refractivity contribution in [1.82, 2.24) is 10.3 Å². The lowest BCUT2D eigenvalue weighted by atomic mass is 9.91. The van der Waals surface area contributed by atoms with E-state index in [9.17, 15) is 23.6 Å². The van der Waals surface area contributed by atoms with Crippen molar-refractivity contribution in [3.63, 3.8) is 0 Å². The number of para-hydroxylation sites is 1. The Hall–Kier alpha value is -2.93. The molecule has 0 aliphatic rings. The standard InChI is InChI=1S/C25H26ClN3O4S2/c1-24(2,3)22-20(14-27)34-21(29-22)13-25(4,35(32,33)17-11-9-16(26)10-12-17)15-28-23(31)18-7-5-6-8-19(18)30/h5-12,30H,13,15H2,1-4H3,(H,28,31). The second-order valence-corrected chi connectivity index (χ2v) is 13.4. The molecular formula is C25H26ClN3O4S2. The number of benzene rings is 2. The number of rotatable bonds is 7. The number of hydrogen-bond acceptors (Lipinski definition) is 7. The predicted molar refractivity (Wildman–Crippen MR) is 137 cm³/mol. The largest absolute Gasteiger partial charge is 0.507 e. The average molecular weight is 532 g/mol. The number of phenolic OH excluding ortho intramolecular Hbond substituents is 1. The fourth-order valence-corrected chi connectivity index (χ4v) is 6.65. The Balaban J connectivity index is 2.03. The first kappa shape index (κ1) is 26.7. The third-order valence-corrected chi connectivity index (χ3v) is 9.24. The zero-order valence-corrected chi connectivity index (χ0v) is 22.2. The monoisotopic (exact) mass is 531 g/mol. The van der Waals surface area contributed by atoms with Gasteiger partial charge >= 0.3 is 0 Å². The summed E-state index contributed by atoms with van der Waals surface area (Å²) in [7, 11) is -4.00. The van der Waals surface area contributed by atoms with Gasteiger partial charge in [-0.25, -0.2) is 13.4 Å². The number of nitriles is 1. The van der Waals surface area contributed by atoms with E-state index in [0.717, 1.165) is 11.3 Å². The first-order valence-corrected chi connectivity index (χ1v) is 13.4. The van der Waals surface area contributed by atoms with E-state index in [1.165, 1.54) is 43.3 Å². The van der Waals surface area contributed by atoms with Gasteiger partial charge < -0.3 is 10.4 Å². The molecule has 184 valence electrons. The van der Waals surface area contributed by atoms with Crippen LogP contribution < -0.4 is 5.32 Å². The SMILES string of the molecule is CC(C)(C)c1nc(CC(C)(CNC(=O)c2ccccc2O)S(=O)(=O)c2ccc(Cl)cc2)sc1C#N. The highest BCUT2D eigenvalue weighted by Crippen LogP contribution is 2.35. The van der Waals surface area contributed by atoms with Crippen LogP contribution in [0.3, 0.4) is 0 Å². The number of thiazole rings is 1. The molecule has 1 unspecified atom stereocenters. The summed E-state index contributed by atoms with van der Waals surface area (Å²) >= 11 is 7.11. The van der Waals surface area contributed by atoms with E-state index in [1.54, 1.807) is 12.1 Å². The van der Waals surface area contributed by atoms with Crippen molar-refractivity contribution < 1.29 is 18.3 Å². The number of carbonyl (C=O) groups excluding carboxylic acids is 1. The highest BCUT2D eigenvalue weighted by Gasteiger charge is 2.42. The molecule has 0 spiro atoms. The van der Waals surface area contributed by atoms with Gasteiger partial charge in [0.1, 0.15) is 16.7 Å². The Labute approximate surface area is 214 Å². The van der Waals surface area contributed by atoms with Gasteiger partial charge in [0.2, 0.25) is 0 Å². The maximum absolute atomic E-state index is 13.8. The summed E-state index contributed by atoms with van der Waals surface area (Å²) in [5.41, 5.74) is 0.240. The lowest BCUT2D eigenvalue weighted by Crippen LogP contribution is -2.48. The van der Waals surface area contributed by atoms with Crippen LogP contribution in [0, 0.1) is 11.3 Å². The molecule has 0 aliphatic heterocycles. The molecule has 0 bridgehead atoms. The zero-order chi connectivity index (χ0) is 26.0. The Morgan fingerprint density at radius 1 is 1.14 bits per heavy atom. The molecule has 35 heavy (non-hydrogen) atoms. The van der Waals surface area contributed by atoms with Crippen LogP contribution in [0.5, 0.6) is 5.75 Å². The van der Waals surface area contributed by atoms with Gasteiger partial charge in [0.05, 0.1) is 25.9 Å². The molecule has 2 aromatic carbocycles. The van der Waals surface area contributed by atoms with E-state index in [2.05, 4.69) is 16.4 Å². The third kappa shape index (κ3) is 5.67. The highest BCUT2D eigenvalue weighted by molar-refractivity contribution is 7.92. The van der Waals surface area contributed by atoms with Crippen LogP contribution in [0.15, 0.2) is 53.4 Å². The van der Waals surface area contributed by atoms with Gasteiger partial charge in [0.25, 0.3) is 5.91 Å². The van der Waals surface area contributed by atoms with Gasteiger partial charge in [-0.05, 0) is 43.3 Å². The van der Waals surface area contributed by atoms with E-state index in [0.29, 0.717) is 20.6 Å². The van der Waals surface area contributed by atoms with Gasteiger partial charge in [-0.2, -0.15) is 5.26 Å². The molecule has 0 radical (unpaired) electrons. The Morgan fingerprint density at radius 2 is 1.77 bits per heavy atom. The number of aromatic hydroxyl groups is 1. The molecule has 0 aliphatic carbocycles. The molecule has 1 atom stereocenters. The maximum atomic E-state index is 13.8. The minimum Gasteiger partial charge on any atom is -0.507 e. The molecule has 7 nitrogen and oxygen atoms in total. The topological polar surface area (TPSA) is 120 Å². The fourth-order valence-electron chi connectivity index (χ4n) is 3.52.